The fourth-order valence-corrected chi connectivity index (χ4v) is 4.27. The fraction of sp³-hybridized carbons (Fsp3) is 0.474. The van der Waals surface area contributed by atoms with Crippen molar-refractivity contribution >= 4 is 23.2 Å². The van der Waals surface area contributed by atoms with Crippen molar-refractivity contribution in [2.45, 2.75) is 45.7 Å². The summed E-state index contributed by atoms with van der Waals surface area (Å²) in [5.41, 5.74) is 2.77. The second-order valence-corrected chi connectivity index (χ2v) is 7.48. The minimum absolute atomic E-state index is 0.0484. The number of amides is 2. The summed E-state index contributed by atoms with van der Waals surface area (Å²) in [5.74, 6) is 0.155. The fourth-order valence-electron chi connectivity index (χ4n) is 3.45. The molecule has 2 aromatic rings. The number of carbonyl (C=O) groups excluding carboxylic acids is 2. The molecular formula is C19H24N4O2S. The first kappa shape index (κ1) is 18.5. The Balaban J connectivity index is 1.67. The standard InChI is InChI=1S/C19H24N4O2S/c1-14-11-26-12-18(14)19(25)22-6-3-4-17(5-7-22)23(15(2)24)10-16-8-20-13-21-9-16/h8-9,11-13,17H,3-7,10H2,1-2H3/t17-/m0/s1. The van der Waals surface area contributed by atoms with E-state index in [1.807, 2.05) is 27.5 Å². The molecular weight excluding hydrogens is 348 g/mol. The molecule has 0 aromatic carbocycles. The molecule has 6 nitrogen and oxygen atoms in total. The third kappa shape index (κ3) is 4.27. The number of rotatable bonds is 4. The molecule has 0 spiro atoms. The summed E-state index contributed by atoms with van der Waals surface area (Å²) in [6, 6.07) is 0.133. The van der Waals surface area contributed by atoms with E-state index in [-0.39, 0.29) is 17.9 Å². The molecule has 0 unspecified atom stereocenters. The van der Waals surface area contributed by atoms with Gasteiger partial charge in [-0.3, -0.25) is 9.59 Å². The second kappa shape index (κ2) is 8.40. The zero-order chi connectivity index (χ0) is 18.5. The Labute approximate surface area is 157 Å². The number of likely N-dealkylation sites (tertiary alicyclic amines) is 1. The lowest BCUT2D eigenvalue weighted by molar-refractivity contribution is -0.132. The van der Waals surface area contributed by atoms with Crippen molar-refractivity contribution in [2.75, 3.05) is 13.1 Å². The maximum absolute atomic E-state index is 12.8. The zero-order valence-electron chi connectivity index (χ0n) is 15.2. The highest BCUT2D eigenvalue weighted by Crippen LogP contribution is 2.22. The molecule has 138 valence electrons. The summed E-state index contributed by atoms with van der Waals surface area (Å²) in [5, 5.41) is 3.94. The van der Waals surface area contributed by atoms with Gasteiger partial charge in [-0.05, 0) is 37.1 Å². The van der Waals surface area contributed by atoms with E-state index >= 15 is 0 Å². The monoisotopic (exact) mass is 372 g/mol. The molecule has 2 aromatic heterocycles. The summed E-state index contributed by atoms with van der Waals surface area (Å²) in [6.45, 7) is 5.51. The molecule has 0 N–H and O–H groups in total. The van der Waals surface area contributed by atoms with Gasteiger partial charge in [0.05, 0.1) is 5.56 Å². The van der Waals surface area contributed by atoms with Crippen LogP contribution in [0.25, 0.3) is 0 Å². The lowest BCUT2D eigenvalue weighted by Gasteiger charge is -2.30. The highest BCUT2D eigenvalue weighted by Gasteiger charge is 2.27. The lowest BCUT2D eigenvalue weighted by atomic mass is 10.1. The third-order valence-corrected chi connectivity index (χ3v) is 5.74. The van der Waals surface area contributed by atoms with Gasteiger partial charge in [-0.25, -0.2) is 9.97 Å². The number of aryl methyl sites for hydroxylation is 1. The Morgan fingerprint density at radius 1 is 1.23 bits per heavy atom. The average molecular weight is 372 g/mol. The van der Waals surface area contributed by atoms with E-state index in [1.54, 1.807) is 30.7 Å². The van der Waals surface area contributed by atoms with E-state index in [1.165, 1.54) is 6.33 Å². The van der Waals surface area contributed by atoms with E-state index in [4.69, 9.17) is 0 Å². The van der Waals surface area contributed by atoms with Crippen LogP contribution in [0, 0.1) is 6.92 Å². The second-order valence-electron chi connectivity index (χ2n) is 6.74. The Hall–Kier alpha value is -2.28. The molecule has 0 saturated carbocycles. The molecule has 1 atom stereocenters. The van der Waals surface area contributed by atoms with Gasteiger partial charge in [0.15, 0.2) is 0 Å². The van der Waals surface area contributed by atoms with Crippen LogP contribution in [0.5, 0.6) is 0 Å². The molecule has 1 aliphatic rings. The highest BCUT2D eigenvalue weighted by molar-refractivity contribution is 7.08. The minimum atomic E-state index is 0.0484. The molecule has 0 radical (unpaired) electrons. The number of hydrogen-bond acceptors (Lipinski definition) is 5. The van der Waals surface area contributed by atoms with E-state index < -0.39 is 0 Å². The Morgan fingerprint density at radius 3 is 2.65 bits per heavy atom. The molecule has 0 bridgehead atoms. The van der Waals surface area contributed by atoms with Crippen LogP contribution in [0.3, 0.4) is 0 Å². The van der Waals surface area contributed by atoms with Gasteiger partial charge in [0.25, 0.3) is 5.91 Å². The SMILES string of the molecule is CC(=O)N(Cc1cncnc1)[C@H]1CCCN(C(=O)c2cscc2C)CC1. The lowest BCUT2D eigenvalue weighted by Crippen LogP contribution is -2.39. The minimum Gasteiger partial charge on any atom is -0.339 e. The number of aromatic nitrogens is 2. The third-order valence-electron chi connectivity index (χ3n) is 4.88. The molecule has 2 amide bonds. The predicted octanol–water partition coefficient (Wildman–Crippen LogP) is 2.89. The molecule has 1 aliphatic heterocycles. The summed E-state index contributed by atoms with van der Waals surface area (Å²) in [7, 11) is 0. The van der Waals surface area contributed by atoms with Crippen LogP contribution in [0.1, 0.15) is 47.7 Å². The number of hydrogen-bond donors (Lipinski definition) is 0. The Bertz CT molecular complexity index is 762. The van der Waals surface area contributed by atoms with Crippen molar-refractivity contribution in [3.8, 4) is 0 Å². The summed E-state index contributed by atoms with van der Waals surface area (Å²) >= 11 is 1.56. The van der Waals surface area contributed by atoms with E-state index in [9.17, 15) is 9.59 Å². The molecule has 1 saturated heterocycles. The van der Waals surface area contributed by atoms with E-state index in [2.05, 4.69) is 9.97 Å². The van der Waals surface area contributed by atoms with Crippen LogP contribution < -0.4 is 0 Å². The number of carbonyl (C=O) groups is 2. The number of nitrogens with zero attached hydrogens (tertiary/aromatic N) is 4. The maximum Gasteiger partial charge on any atom is 0.254 e. The Morgan fingerprint density at radius 2 is 2.00 bits per heavy atom. The number of thiophene rings is 1. The maximum atomic E-state index is 12.8. The molecule has 7 heteroatoms. The molecule has 26 heavy (non-hydrogen) atoms. The Kier molecular flexibility index (Phi) is 5.98. The first-order valence-corrected chi connectivity index (χ1v) is 9.83. The first-order chi connectivity index (χ1) is 12.6. The van der Waals surface area contributed by atoms with Crippen molar-refractivity contribution in [3.63, 3.8) is 0 Å². The van der Waals surface area contributed by atoms with Crippen molar-refractivity contribution in [3.05, 3.63) is 46.2 Å². The van der Waals surface area contributed by atoms with Crippen molar-refractivity contribution < 1.29 is 9.59 Å². The summed E-state index contributed by atoms with van der Waals surface area (Å²) < 4.78 is 0. The van der Waals surface area contributed by atoms with Crippen LogP contribution in [0.2, 0.25) is 0 Å². The smallest absolute Gasteiger partial charge is 0.254 e. The van der Waals surface area contributed by atoms with E-state index in [0.29, 0.717) is 13.1 Å². The van der Waals surface area contributed by atoms with Gasteiger partial charge in [0.1, 0.15) is 6.33 Å². The van der Waals surface area contributed by atoms with Gasteiger partial charge in [-0.2, -0.15) is 11.3 Å². The summed E-state index contributed by atoms with van der Waals surface area (Å²) in [4.78, 5) is 36.9. The summed E-state index contributed by atoms with van der Waals surface area (Å²) in [6.07, 6.45) is 7.57. The van der Waals surface area contributed by atoms with Crippen molar-refractivity contribution in [1.29, 1.82) is 0 Å². The van der Waals surface area contributed by atoms with Crippen molar-refractivity contribution in [1.82, 2.24) is 19.8 Å². The van der Waals surface area contributed by atoms with Gasteiger partial charge in [0.2, 0.25) is 5.91 Å². The molecule has 3 rings (SSSR count). The van der Waals surface area contributed by atoms with Crippen LogP contribution >= 0.6 is 11.3 Å². The van der Waals surface area contributed by atoms with E-state index in [0.717, 1.165) is 42.5 Å². The van der Waals surface area contributed by atoms with Crippen LogP contribution in [0.4, 0.5) is 0 Å². The topological polar surface area (TPSA) is 66.4 Å². The highest BCUT2D eigenvalue weighted by atomic mass is 32.1. The average Bonchev–Trinajstić information content (AvgIpc) is 2.92. The largest absolute Gasteiger partial charge is 0.339 e. The predicted molar refractivity (Wildman–Crippen MR) is 101 cm³/mol. The van der Waals surface area contributed by atoms with Gasteiger partial charge < -0.3 is 9.80 Å². The molecule has 3 heterocycles. The van der Waals surface area contributed by atoms with Gasteiger partial charge in [0, 0.05) is 55.9 Å². The van der Waals surface area contributed by atoms with Gasteiger partial charge in [-0.15, -0.1) is 0 Å². The van der Waals surface area contributed by atoms with Crippen LogP contribution in [-0.4, -0.2) is 50.7 Å². The van der Waals surface area contributed by atoms with Gasteiger partial charge >= 0.3 is 0 Å². The molecule has 0 aliphatic carbocycles. The van der Waals surface area contributed by atoms with Crippen LogP contribution in [-0.2, 0) is 11.3 Å². The first-order valence-electron chi connectivity index (χ1n) is 8.89. The van der Waals surface area contributed by atoms with Crippen LogP contribution in [0.15, 0.2) is 29.5 Å². The normalized spacial score (nSPS) is 17.6. The molecule has 1 fully saturated rings. The van der Waals surface area contributed by atoms with Gasteiger partial charge in [-0.1, -0.05) is 0 Å². The quantitative estimate of drug-likeness (QED) is 0.828. The zero-order valence-corrected chi connectivity index (χ0v) is 16.0. The van der Waals surface area contributed by atoms with Crippen molar-refractivity contribution in [2.24, 2.45) is 0 Å².